The van der Waals surface area contributed by atoms with Crippen LogP contribution in [-0.2, 0) is 9.59 Å². The molecule has 1 N–H and O–H groups in total. The molecule has 0 bridgehead atoms. The summed E-state index contributed by atoms with van der Waals surface area (Å²) in [6.07, 6.45) is 0.930. The average Bonchev–Trinajstić information content (AvgIpc) is 3.17. The van der Waals surface area contributed by atoms with Crippen LogP contribution >= 0.6 is 11.3 Å². The number of rotatable bonds is 6. The summed E-state index contributed by atoms with van der Waals surface area (Å²) in [5.41, 5.74) is 0.576. The van der Waals surface area contributed by atoms with E-state index in [1.807, 2.05) is 11.4 Å². The molecule has 0 saturated carbocycles. The number of nitrogens with zero attached hydrogens (tertiary/aromatic N) is 1. The van der Waals surface area contributed by atoms with Crippen LogP contribution in [0.15, 0.2) is 41.8 Å². The summed E-state index contributed by atoms with van der Waals surface area (Å²) < 4.78 is 13.2. The number of piperazine rings is 1. The van der Waals surface area contributed by atoms with Crippen molar-refractivity contribution in [3.05, 3.63) is 58.0 Å². The van der Waals surface area contributed by atoms with Crippen molar-refractivity contribution in [3.8, 4) is 0 Å². The number of hydrogen-bond acceptors (Lipinski definition) is 4. The van der Waals surface area contributed by atoms with Crippen molar-refractivity contribution in [1.82, 2.24) is 10.2 Å². The van der Waals surface area contributed by atoms with Crippen molar-refractivity contribution in [3.63, 3.8) is 0 Å². The lowest BCUT2D eigenvalue weighted by atomic mass is 10.0. The summed E-state index contributed by atoms with van der Waals surface area (Å²) in [5, 5.41) is 4.59. The van der Waals surface area contributed by atoms with Gasteiger partial charge in [-0.3, -0.25) is 14.4 Å². The molecule has 1 aromatic heterocycles. The summed E-state index contributed by atoms with van der Waals surface area (Å²) in [6.45, 7) is 0.780. The number of amides is 2. The second-order valence-electron chi connectivity index (χ2n) is 6.09. The number of benzene rings is 1. The molecule has 1 fully saturated rings. The van der Waals surface area contributed by atoms with Crippen LogP contribution in [-0.4, -0.2) is 35.6 Å². The molecule has 7 heteroatoms. The van der Waals surface area contributed by atoms with Gasteiger partial charge in [-0.2, -0.15) is 0 Å². The van der Waals surface area contributed by atoms with Crippen molar-refractivity contribution < 1.29 is 18.8 Å². The van der Waals surface area contributed by atoms with Crippen molar-refractivity contribution in [2.45, 2.75) is 25.3 Å². The van der Waals surface area contributed by atoms with Crippen LogP contribution < -0.4 is 5.32 Å². The molecule has 1 atom stereocenters. The van der Waals surface area contributed by atoms with E-state index in [0.717, 1.165) is 0 Å². The normalized spacial score (nSPS) is 17.0. The highest BCUT2D eigenvalue weighted by atomic mass is 32.1. The molecule has 2 aromatic rings. The number of thiophene rings is 1. The van der Waals surface area contributed by atoms with Crippen LogP contribution in [0.25, 0.3) is 0 Å². The molecule has 0 aliphatic carbocycles. The Bertz CT molecular complexity index is 790. The number of hydrogen-bond donors (Lipinski definition) is 1. The van der Waals surface area contributed by atoms with Gasteiger partial charge in [0.15, 0.2) is 5.78 Å². The first kappa shape index (κ1) is 18.3. The zero-order valence-corrected chi connectivity index (χ0v) is 14.9. The molecular weight excluding hydrogens is 355 g/mol. The number of nitrogens with one attached hydrogen (secondary N) is 1. The fraction of sp³-hybridized carbons (Fsp3) is 0.316. The quantitative estimate of drug-likeness (QED) is 0.791. The van der Waals surface area contributed by atoms with Crippen molar-refractivity contribution in [2.75, 3.05) is 13.1 Å². The maximum absolute atomic E-state index is 13.2. The van der Waals surface area contributed by atoms with E-state index in [-0.39, 0.29) is 24.0 Å². The minimum atomic E-state index is -0.759. The number of halogens is 1. The Hall–Kier alpha value is -2.54. The SMILES string of the molecule is O=C(CCCC(=O)N1CCNC(=O)C1c1ccc(F)cc1)c1cccs1. The van der Waals surface area contributed by atoms with Crippen LogP contribution in [0.3, 0.4) is 0 Å². The first-order valence-corrected chi connectivity index (χ1v) is 9.33. The zero-order valence-electron chi connectivity index (χ0n) is 14.1. The predicted molar refractivity (Wildman–Crippen MR) is 96.4 cm³/mol. The maximum Gasteiger partial charge on any atom is 0.247 e. The van der Waals surface area contributed by atoms with Gasteiger partial charge in [-0.25, -0.2) is 4.39 Å². The molecule has 1 aromatic carbocycles. The zero-order chi connectivity index (χ0) is 18.5. The van der Waals surface area contributed by atoms with Gasteiger partial charge in [-0.15, -0.1) is 11.3 Å². The van der Waals surface area contributed by atoms with Gasteiger partial charge in [0.25, 0.3) is 0 Å². The van der Waals surface area contributed by atoms with Gasteiger partial charge < -0.3 is 10.2 Å². The minimum absolute atomic E-state index is 0.0271. The summed E-state index contributed by atoms with van der Waals surface area (Å²) in [5.74, 6) is -0.812. The van der Waals surface area contributed by atoms with E-state index >= 15 is 0 Å². The fourth-order valence-corrected chi connectivity index (χ4v) is 3.71. The highest BCUT2D eigenvalue weighted by Gasteiger charge is 2.33. The molecule has 26 heavy (non-hydrogen) atoms. The average molecular weight is 374 g/mol. The topological polar surface area (TPSA) is 66.5 Å². The molecule has 136 valence electrons. The maximum atomic E-state index is 13.2. The van der Waals surface area contributed by atoms with Crippen LogP contribution in [0.5, 0.6) is 0 Å². The standard InChI is InChI=1S/C19H19FN2O3S/c20-14-8-6-13(7-9-14)18-19(25)21-10-11-22(18)17(24)5-1-3-15(23)16-4-2-12-26-16/h2,4,6-9,12,18H,1,3,5,10-11H2,(H,21,25). The summed E-state index contributed by atoms with van der Waals surface area (Å²) in [4.78, 5) is 39.1. The van der Waals surface area contributed by atoms with Crippen LogP contribution in [0, 0.1) is 5.82 Å². The Kier molecular flexibility index (Phi) is 5.78. The van der Waals surface area contributed by atoms with Gasteiger partial charge in [-0.1, -0.05) is 18.2 Å². The second kappa shape index (κ2) is 8.23. The lowest BCUT2D eigenvalue weighted by molar-refractivity contribution is -0.143. The smallest absolute Gasteiger partial charge is 0.247 e. The molecule has 1 saturated heterocycles. The summed E-state index contributed by atoms with van der Waals surface area (Å²) in [6, 6.07) is 8.43. The molecule has 1 aliphatic heterocycles. The van der Waals surface area contributed by atoms with E-state index in [0.29, 0.717) is 36.4 Å². The minimum Gasteiger partial charge on any atom is -0.352 e. The van der Waals surface area contributed by atoms with Gasteiger partial charge in [0.05, 0.1) is 4.88 Å². The van der Waals surface area contributed by atoms with Gasteiger partial charge in [0.1, 0.15) is 11.9 Å². The first-order valence-electron chi connectivity index (χ1n) is 8.45. The number of ketones is 1. The van der Waals surface area contributed by atoms with Crippen molar-refractivity contribution in [2.24, 2.45) is 0 Å². The number of Topliss-reactive ketones (excluding diaryl/α,β-unsaturated/α-hetero) is 1. The Labute approximate surface area is 154 Å². The van der Waals surface area contributed by atoms with E-state index in [1.165, 1.54) is 40.5 Å². The molecular formula is C19H19FN2O3S. The lowest BCUT2D eigenvalue weighted by Gasteiger charge is -2.35. The predicted octanol–water partition coefficient (Wildman–Crippen LogP) is 2.94. The highest BCUT2D eigenvalue weighted by molar-refractivity contribution is 7.12. The van der Waals surface area contributed by atoms with E-state index in [9.17, 15) is 18.8 Å². The van der Waals surface area contributed by atoms with Crippen molar-refractivity contribution in [1.29, 1.82) is 0 Å². The summed E-state index contributed by atoms with van der Waals surface area (Å²) in [7, 11) is 0. The summed E-state index contributed by atoms with van der Waals surface area (Å²) >= 11 is 1.39. The highest BCUT2D eigenvalue weighted by Crippen LogP contribution is 2.25. The van der Waals surface area contributed by atoms with E-state index in [1.54, 1.807) is 6.07 Å². The second-order valence-corrected chi connectivity index (χ2v) is 7.03. The third kappa shape index (κ3) is 4.16. The third-order valence-corrected chi connectivity index (χ3v) is 5.22. The molecule has 3 rings (SSSR count). The first-order chi connectivity index (χ1) is 12.6. The van der Waals surface area contributed by atoms with E-state index < -0.39 is 11.9 Å². The largest absolute Gasteiger partial charge is 0.352 e. The van der Waals surface area contributed by atoms with Gasteiger partial charge in [0, 0.05) is 25.9 Å². The lowest BCUT2D eigenvalue weighted by Crippen LogP contribution is -2.52. The van der Waals surface area contributed by atoms with Gasteiger partial charge in [-0.05, 0) is 35.6 Å². The molecule has 2 heterocycles. The fourth-order valence-electron chi connectivity index (χ4n) is 3.02. The van der Waals surface area contributed by atoms with Crippen LogP contribution in [0.4, 0.5) is 4.39 Å². The van der Waals surface area contributed by atoms with Crippen molar-refractivity contribution >= 4 is 28.9 Å². The Morgan fingerprint density at radius 1 is 1.19 bits per heavy atom. The molecule has 1 unspecified atom stereocenters. The van der Waals surface area contributed by atoms with Gasteiger partial charge >= 0.3 is 0 Å². The van der Waals surface area contributed by atoms with Crippen LogP contribution in [0.2, 0.25) is 0 Å². The Morgan fingerprint density at radius 3 is 2.65 bits per heavy atom. The monoisotopic (exact) mass is 374 g/mol. The number of carbonyl (C=O) groups is 3. The molecule has 5 nitrogen and oxygen atoms in total. The van der Waals surface area contributed by atoms with E-state index in [2.05, 4.69) is 5.32 Å². The third-order valence-electron chi connectivity index (χ3n) is 4.31. The molecule has 2 amide bonds. The Balaban J connectivity index is 1.63. The molecule has 0 radical (unpaired) electrons. The van der Waals surface area contributed by atoms with Gasteiger partial charge in [0.2, 0.25) is 11.8 Å². The molecule has 1 aliphatic rings. The van der Waals surface area contributed by atoms with Crippen LogP contribution in [0.1, 0.15) is 40.5 Å². The molecule has 0 spiro atoms. The number of carbonyl (C=O) groups excluding carboxylic acids is 3. The Morgan fingerprint density at radius 2 is 1.96 bits per heavy atom. The van der Waals surface area contributed by atoms with E-state index in [4.69, 9.17) is 0 Å².